The molecule has 0 radical (unpaired) electrons. The fraction of sp³-hybridized carbons (Fsp3) is 0.160. The predicted octanol–water partition coefficient (Wildman–Crippen LogP) is 4.76. The van der Waals surface area contributed by atoms with E-state index >= 15 is 0 Å². The molecule has 3 aromatic carbocycles. The van der Waals surface area contributed by atoms with Crippen LogP contribution in [0.2, 0.25) is 0 Å². The molecule has 1 aromatic heterocycles. The van der Waals surface area contributed by atoms with Crippen LogP contribution >= 0.6 is 11.3 Å². The van der Waals surface area contributed by atoms with Gasteiger partial charge in [0.1, 0.15) is 10.8 Å². The highest BCUT2D eigenvalue weighted by Crippen LogP contribution is 2.34. The van der Waals surface area contributed by atoms with Gasteiger partial charge in [0.05, 0.1) is 24.2 Å². The molecule has 0 saturated heterocycles. The molecule has 4 aromatic rings. The van der Waals surface area contributed by atoms with Crippen molar-refractivity contribution in [2.45, 2.75) is 24.8 Å². The maximum Gasteiger partial charge on any atom is 0.264 e. The van der Waals surface area contributed by atoms with E-state index in [1.807, 2.05) is 37.3 Å². The second kappa shape index (κ2) is 10.7. The highest BCUT2D eigenvalue weighted by atomic mass is 32.2. The number of sulfonamides is 1. The van der Waals surface area contributed by atoms with Crippen LogP contribution in [-0.4, -0.2) is 31.6 Å². The second-order valence-corrected chi connectivity index (χ2v) is 10.4. The Morgan fingerprint density at radius 2 is 1.74 bits per heavy atom. The van der Waals surface area contributed by atoms with Crippen LogP contribution in [0.4, 0.5) is 10.8 Å². The number of ether oxygens (including phenoxy) is 1. The average Bonchev–Trinajstić information content (AvgIpc) is 3.35. The van der Waals surface area contributed by atoms with Crippen molar-refractivity contribution in [2.75, 3.05) is 16.7 Å². The maximum atomic E-state index is 13.9. The highest BCUT2D eigenvalue weighted by Gasteiger charge is 2.28. The third-order valence-electron chi connectivity index (χ3n) is 5.20. The Balaban J connectivity index is 1.70. The van der Waals surface area contributed by atoms with Crippen LogP contribution in [0.3, 0.4) is 0 Å². The van der Waals surface area contributed by atoms with Crippen molar-refractivity contribution in [2.24, 2.45) is 0 Å². The molecule has 4 rings (SSSR count). The smallest absolute Gasteiger partial charge is 0.264 e. The number of carbonyl (C=O) groups is 1. The van der Waals surface area contributed by atoms with Crippen LogP contribution in [0.15, 0.2) is 83.8 Å². The summed E-state index contributed by atoms with van der Waals surface area (Å²) in [4.78, 5) is 12.8. The Kier molecular flexibility index (Phi) is 7.42. The number of methoxy groups -OCH3 is 1. The lowest BCUT2D eigenvalue weighted by Gasteiger charge is -2.26. The molecule has 1 heterocycles. The topological polar surface area (TPSA) is 101 Å². The molecule has 1 amide bonds. The number of nitrogens with zero attached hydrogens (tertiary/aromatic N) is 3. The Hall–Kier alpha value is -3.76. The summed E-state index contributed by atoms with van der Waals surface area (Å²) in [5.74, 6) is -0.0448. The minimum atomic E-state index is -4.07. The Morgan fingerprint density at radius 1 is 1.00 bits per heavy atom. The number of hydrogen-bond acceptors (Lipinski definition) is 7. The standard InChI is InChI=1S/C25H24N4O4S2/c1-3-23-27-28-25(34-23)26-24(30)19-12-9-13-20(16-19)35(31,32)29(17-18-10-5-4-6-11-18)21-14-7-8-15-22(21)33-2/h4-16H,3,17H2,1-2H3,(H,26,28,30). The molecule has 180 valence electrons. The summed E-state index contributed by atoms with van der Waals surface area (Å²) < 4.78 is 34.5. The second-order valence-electron chi connectivity index (χ2n) is 7.51. The van der Waals surface area contributed by atoms with E-state index in [1.165, 1.54) is 34.9 Å². The van der Waals surface area contributed by atoms with E-state index in [9.17, 15) is 13.2 Å². The number of aryl methyl sites for hydroxylation is 1. The van der Waals surface area contributed by atoms with Gasteiger partial charge < -0.3 is 4.74 Å². The first-order valence-corrected chi connectivity index (χ1v) is 13.1. The lowest BCUT2D eigenvalue weighted by atomic mass is 10.2. The molecule has 8 nitrogen and oxygen atoms in total. The maximum absolute atomic E-state index is 13.9. The van der Waals surface area contributed by atoms with Crippen LogP contribution in [0.25, 0.3) is 0 Å². The van der Waals surface area contributed by atoms with Crippen molar-refractivity contribution >= 4 is 38.1 Å². The summed E-state index contributed by atoms with van der Waals surface area (Å²) in [7, 11) is -2.57. The number of aromatic nitrogens is 2. The molecular weight excluding hydrogens is 484 g/mol. The fourth-order valence-electron chi connectivity index (χ4n) is 3.43. The minimum absolute atomic E-state index is 0.0153. The molecule has 0 unspecified atom stereocenters. The Labute approximate surface area is 208 Å². The van der Waals surface area contributed by atoms with Gasteiger partial charge in [-0.2, -0.15) is 0 Å². The van der Waals surface area contributed by atoms with Gasteiger partial charge in [0.25, 0.3) is 15.9 Å². The van der Waals surface area contributed by atoms with E-state index in [0.717, 1.165) is 10.6 Å². The van der Waals surface area contributed by atoms with E-state index in [-0.39, 0.29) is 17.0 Å². The number of para-hydroxylation sites is 2. The van der Waals surface area contributed by atoms with Crippen LogP contribution in [0, 0.1) is 0 Å². The number of nitrogens with one attached hydrogen (secondary N) is 1. The molecular formula is C25H24N4O4S2. The first-order valence-electron chi connectivity index (χ1n) is 10.9. The largest absolute Gasteiger partial charge is 0.495 e. The van der Waals surface area contributed by atoms with Gasteiger partial charge in [-0.1, -0.05) is 66.8 Å². The molecule has 0 bridgehead atoms. The van der Waals surface area contributed by atoms with E-state index in [1.54, 1.807) is 36.4 Å². The van der Waals surface area contributed by atoms with Crippen molar-refractivity contribution < 1.29 is 17.9 Å². The summed E-state index contributed by atoms with van der Waals surface area (Å²) in [5, 5.41) is 11.8. The van der Waals surface area contributed by atoms with Gasteiger partial charge in [-0.15, -0.1) is 10.2 Å². The number of hydrogen-bond donors (Lipinski definition) is 1. The molecule has 1 N–H and O–H groups in total. The molecule has 0 saturated carbocycles. The third kappa shape index (κ3) is 5.50. The van der Waals surface area contributed by atoms with Crippen LogP contribution < -0.4 is 14.4 Å². The van der Waals surface area contributed by atoms with Crippen LogP contribution in [0.1, 0.15) is 27.9 Å². The van der Waals surface area contributed by atoms with Gasteiger partial charge >= 0.3 is 0 Å². The summed E-state index contributed by atoms with van der Waals surface area (Å²) in [6, 6.07) is 22.1. The molecule has 0 aliphatic heterocycles. The van der Waals surface area contributed by atoms with E-state index in [4.69, 9.17) is 4.74 Å². The SMILES string of the molecule is CCc1nnc(NC(=O)c2cccc(S(=O)(=O)N(Cc3ccccc3)c3ccccc3OC)c2)s1. The molecule has 0 fully saturated rings. The van der Waals surface area contributed by atoms with E-state index < -0.39 is 15.9 Å². The van der Waals surface area contributed by atoms with Crippen LogP contribution in [0.5, 0.6) is 5.75 Å². The number of carbonyl (C=O) groups excluding carboxylic acids is 1. The van der Waals surface area contributed by atoms with Gasteiger partial charge in [0.15, 0.2) is 0 Å². The van der Waals surface area contributed by atoms with Crippen molar-refractivity contribution in [3.05, 3.63) is 95.0 Å². The third-order valence-corrected chi connectivity index (χ3v) is 7.94. The van der Waals surface area contributed by atoms with Gasteiger partial charge in [0.2, 0.25) is 5.13 Å². The molecule has 0 aliphatic rings. The Bertz CT molecular complexity index is 1420. The molecule has 0 aliphatic carbocycles. The van der Waals surface area contributed by atoms with E-state index in [2.05, 4.69) is 15.5 Å². The summed E-state index contributed by atoms with van der Waals surface area (Å²) in [6.07, 6.45) is 0.710. The van der Waals surface area contributed by atoms with Gasteiger partial charge in [-0.05, 0) is 42.3 Å². The number of benzene rings is 3. The summed E-state index contributed by atoms with van der Waals surface area (Å²) >= 11 is 1.28. The van der Waals surface area contributed by atoms with Crippen LogP contribution in [-0.2, 0) is 23.0 Å². The quantitative estimate of drug-likeness (QED) is 0.350. The molecule has 10 heteroatoms. The zero-order valence-electron chi connectivity index (χ0n) is 19.2. The first kappa shape index (κ1) is 24.4. The van der Waals surface area contributed by atoms with Gasteiger partial charge in [-0.25, -0.2) is 8.42 Å². The number of rotatable bonds is 9. The van der Waals surface area contributed by atoms with Crippen molar-refractivity contribution in [3.63, 3.8) is 0 Å². The van der Waals surface area contributed by atoms with Crippen molar-refractivity contribution in [1.82, 2.24) is 10.2 Å². The first-order chi connectivity index (χ1) is 16.9. The van der Waals surface area contributed by atoms with Crippen molar-refractivity contribution in [3.8, 4) is 5.75 Å². The molecule has 0 atom stereocenters. The zero-order valence-corrected chi connectivity index (χ0v) is 20.8. The minimum Gasteiger partial charge on any atom is -0.495 e. The predicted molar refractivity (Wildman–Crippen MR) is 136 cm³/mol. The molecule has 0 spiro atoms. The summed E-state index contributed by atoms with van der Waals surface area (Å²) in [6.45, 7) is 2.04. The monoisotopic (exact) mass is 508 g/mol. The fourth-order valence-corrected chi connectivity index (χ4v) is 5.61. The van der Waals surface area contributed by atoms with E-state index in [0.29, 0.717) is 23.0 Å². The van der Waals surface area contributed by atoms with Gasteiger partial charge in [-0.3, -0.25) is 14.4 Å². The number of amides is 1. The Morgan fingerprint density at radius 3 is 2.46 bits per heavy atom. The lowest BCUT2D eigenvalue weighted by Crippen LogP contribution is -2.31. The van der Waals surface area contributed by atoms with Crippen molar-refractivity contribution in [1.29, 1.82) is 0 Å². The highest BCUT2D eigenvalue weighted by molar-refractivity contribution is 7.92. The summed E-state index contributed by atoms with van der Waals surface area (Å²) in [5.41, 5.74) is 1.40. The molecule has 35 heavy (non-hydrogen) atoms. The lowest BCUT2D eigenvalue weighted by molar-refractivity contribution is 0.102. The normalized spacial score (nSPS) is 11.1. The zero-order chi connectivity index (χ0) is 24.8. The number of anilines is 2. The average molecular weight is 509 g/mol. The van der Waals surface area contributed by atoms with Gasteiger partial charge in [0, 0.05) is 5.56 Å².